The summed E-state index contributed by atoms with van der Waals surface area (Å²) in [5.41, 5.74) is 5.32. The van der Waals surface area contributed by atoms with Crippen LogP contribution in [-0.4, -0.2) is 0 Å². The molecule has 2 aromatic carbocycles. The summed E-state index contributed by atoms with van der Waals surface area (Å²) in [4.78, 5) is 0. The Labute approximate surface area is 136 Å². The first-order valence-corrected chi connectivity index (χ1v) is 8.29. The zero-order valence-electron chi connectivity index (χ0n) is 14.6. The third kappa shape index (κ3) is 9.18. The van der Waals surface area contributed by atoms with Gasteiger partial charge in [-0.1, -0.05) is 82.9 Å². The molecule has 118 valence electrons. The van der Waals surface area contributed by atoms with Crippen LogP contribution in [0.1, 0.15) is 47.9 Å². The van der Waals surface area contributed by atoms with Gasteiger partial charge < -0.3 is 0 Å². The Balaban J connectivity index is 0.000000167. The number of hydrogen-bond acceptors (Lipinski definition) is 0. The van der Waals surface area contributed by atoms with E-state index in [-0.39, 0.29) is 0 Å². The fourth-order valence-corrected chi connectivity index (χ4v) is 2.03. The van der Waals surface area contributed by atoms with Crippen molar-refractivity contribution in [2.75, 3.05) is 0 Å². The Bertz CT molecular complexity index is 436. The van der Waals surface area contributed by atoms with Crippen LogP contribution in [0.25, 0.3) is 0 Å². The molecule has 22 heavy (non-hydrogen) atoms. The lowest BCUT2D eigenvalue weighted by atomic mass is 10.1. The van der Waals surface area contributed by atoms with Crippen molar-refractivity contribution in [3.8, 4) is 0 Å². The molecule has 0 aromatic heterocycles. The summed E-state index contributed by atoms with van der Waals surface area (Å²) in [6, 6.07) is 17.0. The Morgan fingerprint density at radius 2 is 0.682 bits per heavy atom. The third-order valence-corrected chi connectivity index (χ3v) is 3.59. The summed E-state index contributed by atoms with van der Waals surface area (Å²) in [5.74, 6) is 0. The van der Waals surface area contributed by atoms with Gasteiger partial charge in [0.05, 0.1) is 0 Å². The largest absolute Gasteiger partial charge is 0.0885 e. The summed E-state index contributed by atoms with van der Waals surface area (Å²) < 4.78 is 0. The number of aryl methyl sites for hydroxylation is 4. The molecule has 0 heterocycles. The van der Waals surface area contributed by atoms with E-state index in [0.717, 1.165) is 0 Å². The summed E-state index contributed by atoms with van der Waals surface area (Å²) in [6.45, 7) is 8.39. The van der Waals surface area contributed by atoms with Crippen molar-refractivity contribution < 1.29 is 0 Å². The van der Waals surface area contributed by atoms with Crippen LogP contribution in [0.2, 0.25) is 0 Å². The summed E-state index contributed by atoms with van der Waals surface area (Å²) in [7, 11) is 0. The van der Waals surface area contributed by atoms with E-state index in [1.165, 1.54) is 47.9 Å². The summed E-state index contributed by atoms with van der Waals surface area (Å²) >= 11 is 0. The van der Waals surface area contributed by atoms with E-state index in [2.05, 4.69) is 88.4 Å². The molecule has 0 bridgehead atoms. The molecule has 0 unspecified atom stereocenters. The van der Waals surface area contributed by atoms with E-state index in [1.54, 1.807) is 0 Å². The highest BCUT2D eigenvalue weighted by molar-refractivity contribution is 5.20. The molecule has 1 aliphatic rings. The molecule has 0 amide bonds. The zero-order valence-corrected chi connectivity index (χ0v) is 14.6. The molecule has 0 saturated carbocycles. The van der Waals surface area contributed by atoms with Crippen LogP contribution >= 0.6 is 0 Å². The highest BCUT2D eigenvalue weighted by atomic mass is 13.9. The first-order chi connectivity index (χ1) is 10.6. The smallest absolute Gasteiger partial charge is 0.0351 e. The van der Waals surface area contributed by atoms with E-state index in [9.17, 15) is 0 Å². The van der Waals surface area contributed by atoms with Gasteiger partial charge in [0.2, 0.25) is 0 Å². The van der Waals surface area contributed by atoms with Gasteiger partial charge in [-0.25, -0.2) is 0 Å². The van der Waals surface area contributed by atoms with Crippen molar-refractivity contribution in [3.63, 3.8) is 0 Å². The van der Waals surface area contributed by atoms with E-state index in [4.69, 9.17) is 0 Å². The molecular weight excluding hydrogens is 264 g/mol. The maximum Gasteiger partial charge on any atom is -0.0351 e. The van der Waals surface area contributed by atoms with Gasteiger partial charge in [-0.2, -0.15) is 0 Å². The maximum atomic E-state index is 2.27. The van der Waals surface area contributed by atoms with Crippen LogP contribution in [0, 0.1) is 27.7 Å². The highest BCUT2D eigenvalue weighted by Gasteiger charge is 1.87. The molecule has 0 radical (unpaired) electrons. The van der Waals surface area contributed by atoms with Crippen LogP contribution in [-0.2, 0) is 0 Å². The average molecular weight is 294 g/mol. The second-order valence-electron chi connectivity index (χ2n) is 6.07. The topological polar surface area (TPSA) is 0 Å². The van der Waals surface area contributed by atoms with Gasteiger partial charge in [-0.15, -0.1) is 0 Å². The number of allylic oxidation sites excluding steroid dienone is 2. The van der Waals surface area contributed by atoms with Crippen molar-refractivity contribution >= 4 is 0 Å². The minimum Gasteiger partial charge on any atom is -0.0885 e. The second kappa shape index (κ2) is 10.8. The quantitative estimate of drug-likeness (QED) is 0.473. The van der Waals surface area contributed by atoms with Crippen LogP contribution < -0.4 is 0 Å². The Morgan fingerprint density at radius 3 is 0.818 bits per heavy atom. The summed E-state index contributed by atoms with van der Waals surface area (Å²) in [6.07, 6.45) is 10.0. The minimum atomic E-state index is 1.32. The van der Waals surface area contributed by atoms with Crippen LogP contribution in [0.15, 0.2) is 60.7 Å². The molecule has 0 saturated heterocycles. The fourth-order valence-electron chi connectivity index (χ4n) is 2.03. The normalized spacial score (nSPS) is 12.5. The molecule has 0 spiro atoms. The van der Waals surface area contributed by atoms with Crippen LogP contribution in [0.5, 0.6) is 0 Å². The van der Waals surface area contributed by atoms with Crippen molar-refractivity contribution in [3.05, 3.63) is 82.9 Å². The lowest BCUT2D eigenvalue weighted by molar-refractivity contribution is 0.730. The van der Waals surface area contributed by atoms with E-state index in [1.807, 2.05) is 0 Å². The zero-order chi connectivity index (χ0) is 16.2. The third-order valence-electron chi connectivity index (χ3n) is 3.59. The number of rotatable bonds is 0. The number of hydrogen-bond donors (Lipinski definition) is 0. The van der Waals surface area contributed by atoms with Crippen molar-refractivity contribution in [1.29, 1.82) is 0 Å². The first-order valence-electron chi connectivity index (χ1n) is 8.29. The Hall–Kier alpha value is -1.82. The lowest BCUT2D eigenvalue weighted by Crippen LogP contribution is -1.77. The molecule has 0 fully saturated rings. The molecule has 0 heteroatoms. The van der Waals surface area contributed by atoms with E-state index in [0.29, 0.717) is 0 Å². The second-order valence-corrected chi connectivity index (χ2v) is 6.07. The SMILES string of the molecule is C1=CCCCC1.Cc1ccc(C)cc1.Cc1ccc(C)cc1. The van der Waals surface area contributed by atoms with Gasteiger partial charge in [0.1, 0.15) is 0 Å². The molecule has 3 rings (SSSR count). The Kier molecular flexibility index (Phi) is 8.98. The highest BCUT2D eigenvalue weighted by Crippen LogP contribution is 2.07. The van der Waals surface area contributed by atoms with Gasteiger partial charge in [0.15, 0.2) is 0 Å². The molecule has 2 aromatic rings. The predicted molar refractivity (Wildman–Crippen MR) is 99.4 cm³/mol. The predicted octanol–water partition coefficient (Wildman–Crippen LogP) is 6.72. The average Bonchev–Trinajstić information content (AvgIpc) is 2.56. The minimum absolute atomic E-state index is 1.32. The van der Waals surface area contributed by atoms with Gasteiger partial charge in [-0.3, -0.25) is 0 Å². The molecule has 0 aliphatic heterocycles. The van der Waals surface area contributed by atoms with Crippen molar-refractivity contribution in [2.24, 2.45) is 0 Å². The Morgan fingerprint density at radius 1 is 0.455 bits per heavy atom. The van der Waals surface area contributed by atoms with Gasteiger partial charge >= 0.3 is 0 Å². The van der Waals surface area contributed by atoms with Crippen molar-refractivity contribution in [1.82, 2.24) is 0 Å². The molecular formula is C22H30. The first kappa shape index (κ1) is 18.2. The van der Waals surface area contributed by atoms with Gasteiger partial charge in [0, 0.05) is 0 Å². The van der Waals surface area contributed by atoms with E-state index >= 15 is 0 Å². The molecule has 0 nitrogen and oxygen atoms in total. The molecule has 0 atom stereocenters. The fraction of sp³-hybridized carbons (Fsp3) is 0.364. The van der Waals surface area contributed by atoms with Crippen molar-refractivity contribution in [2.45, 2.75) is 53.4 Å². The lowest BCUT2D eigenvalue weighted by Gasteiger charge is -1.97. The van der Waals surface area contributed by atoms with Crippen LogP contribution in [0.4, 0.5) is 0 Å². The van der Waals surface area contributed by atoms with E-state index < -0.39 is 0 Å². The molecule has 1 aliphatic carbocycles. The summed E-state index contributed by atoms with van der Waals surface area (Å²) in [5, 5.41) is 0. The standard InChI is InChI=1S/2C8H10.C6H10/c2*1-7-3-5-8(2)6-4-7;1-2-4-6-5-3-1/h2*3-6H,1-2H3;1-2H,3-6H2. The molecule has 0 N–H and O–H groups in total. The monoisotopic (exact) mass is 294 g/mol. The van der Waals surface area contributed by atoms with Gasteiger partial charge in [0.25, 0.3) is 0 Å². The number of benzene rings is 2. The van der Waals surface area contributed by atoms with Gasteiger partial charge in [-0.05, 0) is 53.4 Å². The maximum absolute atomic E-state index is 2.27. The van der Waals surface area contributed by atoms with Crippen LogP contribution in [0.3, 0.4) is 0 Å².